The van der Waals surface area contributed by atoms with Crippen LogP contribution in [0.3, 0.4) is 0 Å². The van der Waals surface area contributed by atoms with Crippen LogP contribution in [-0.2, 0) is 10.7 Å². The van der Waals surface area contributed by atoms with Gasteiger partial charge in [-0.2, -0.15) is 13.2 Å². The molecule has 140 valence electrons. The van der Waals surface area contributed by atoms with Crippen LogP contribution < -0.4 is 4.74 Å². The first-order chi connectivity index (χ1) is 11.9. The Balaban J connectivity index is 0.000000195. The van der Waals surface area contributed by atoms with Gasteiger partial charge in [0.25, 0.3) is 5.69 Å². The van der Waals surface area contributed by atoms with Crippen molar-refractivity contribution in [2.45, 2.75) is 12.0 Å². The molecular formula is C14H11F3NO7P. The summed E-state index contributed by atoms with van der Waals surface area (Å²) < 4.78 is 51.4. The zero-order valence-electron chi connectivity index (χ0n) is 12.6. The topological polar surface area (TPSA) is 130 Å². The van der Waals surface area contributed by atoms with Gasteiger partial charge in [0.2, 0.25) is 0 Å². The van der Waals surface area contributed by atoms with E-state index < -0.39 is 41.4 Å². The first-order valence-corrected chi connectivity index (χ1v) is 8.45. The number of halogens is 3. The number of para-hydroxylation sites is 1. The maximum atomic E-state index is 12.0. The molecule has 2 aromatic rings. The number of alkyl halides is 3. The van der Waals surface area contributed by atoms with Gasteiger partial charge >= 0.3 is 13.8 Å². The maximum Gasteiger partial charge on any atom is 0.423 e. The second-order valence-corrected chi connectivity index (χ2v) is 6.68. The molecule has 0 spiro atoms. The average Bonchev–Trinajstić information content (AvgIpc) is 2.53. The predicted molar refractivity (Wildman–Crippen MR) is 81.6 cm³/mol. The fourth-order valence-electron chi connectivity index (χ4n) is 2.09. The average molecular weight is 393 g/mol. The van der Waals surface area contributed by atoms with Gasteiger partial charge in [0.1, 0.15) is 17.1 Å². The molecule has 0 aromatic heterocycles. The standard InChI is InChI=1S/C7H3F3O.C7H8NO6P/c8-7(9,10)6-4-2-1-3-5(6)11-4;9-7(15(12,13)14)5-3-1-2-4-6(5)8(10)11/h1-3H;1-4,7,9H,(H2,12,13,14). The van der Waals surface area contributed by atoms with Gasteiger partial charge < -0.3 is 19.6 Å². The molecule has 0 fully saturated rings. The molecule has 2 aromatic carbocycles. The van der Waals surface area contributed by atoms with Gasteiger partial charge in [0.15, 0.2) is 5.85 Å². The summed E-state index contributed by atoms with van der Waals surface area (Å²) in [6.07, 6.45) is -4.27. The summed E-state index contributed by atoms with van der Waals surface area (Å²) >= 11 is 0. The van der Waals surface area contributed by atoms with Crippen LogP contribution in [0.5, 0.6) is 11.5 Å². The third-order valence-corrected chi connectivity index (χ3v) is 4.14. The van der Waals surface area contributed by atoms with Crippen LogP contribution in [0.1, 0.15) is 17.0 Å². The van der Waals surface area contributed by atoms with Crippen molar-refractivity contribution in [3.63, 3.8) is 0 Å². The third-order valence-electron chi connectivity index (χ3n) is 3.22. The normalized spacial score (nSPS) is 13.6. The minimum absolute atomic E-state index is 0.0741. The van der Waals surface area contributed by atoms with E-state index in [1.54, 1.807) is 0 Å². The molecule has 2 heterocycles. The highest BCUT2D eigenvalue weighted by molar-refractivity contribution is 7.51. The van der Waals surface area contributed by atoms with E-state index in [9.17, 15) is 33.0 Å². The number of aliphatic hydroxyl groups is 1. The Labute approximate surface area is 143 Å². The fourth-order valence-corrected chi connectivity index (χ4v) is 2.67. The first kappa shape index (κ1) is 19.9. The molecule has 1 unspecified atom stereocenters. The van der Waals surface area contributed by atoms with Crippen molar-refractivity contribution >= 4 is 13.3 Å². The van der Waals surface area contributed by atoms with E-state index in [2.05, 4.69) is 4.74 Å². The Kier molecular flexibility index (Phi) is 5.38. The summed E-state index contributed by atoms with van der Waals surface area (Å²) in [6, 6.07) is 8.99. The van der Waals surface area contributed by atoms with Gasteiger partial charge in [-0.15, -0.1) is 0 Å². The van der Waals surface area contributed by atoms with Crippen LogP contribution in [-0.4, -0.2) is 19.8 Å². The number of nitro benzene ring substituents is 1. The molecule has 3 N–H and O–H groups in total. The van der Waals surface area contributed by atoms with Gasteiger partial charge in [-0.1, -0.05) is 18.2 Å². The molecule has 0 radical (unpaired) electrons. The molecule has 8 nitrogen and oxygen atoms in total. The van der Waals surface area contributed by atoms with Gasteiger partial charge in [-0.05, 0) is 18.2 Å². The van der Waals surface area contributed by atoms with E-state index in [4.69, 9.17) is 9.79 Å². The number of rotatable bonds is 3. The van der Waals surface area contributed by atoms with Gasteiger partial charge in [0.05, 0.1) is 10.5 Å². The van der Waals surface area contributed by atoms with Crippen molar-refractivity contribution in [3.05, 3.63) is 63.7 Å². The van der Waals surface area contributed by atoms with Crippen molar-refractivity contribution in [1.29, 1.82) is 0 Å². The number of hydrogen-bond donors (Lipinski definition) is 3. The lowest BCUT2D eigenvalue weighted by atomic mass is 10.1. The first-order valence-electron chi connectivity index (χ1n) is 6.77. The smallest absolute Gasteiger partial charge is 0.423 e. The minimum Gasteiger partial charge on any atom is -0.456 e. The second kappa shape index (κ2) is 7.04. The highest BCUT2D eigenvalue weighted by atomic mass is 31.2. The molecule has 0 saturated heterocycles. The quantitative estimate of drug-likeness (QED) is 0.352. The van der Waals surface area contributed by atoms with E-state index in [1.807, 2.05) is 0 Å². The Morgan fingerprint density at radius 2 is 1.62 bits per heavy atom. The minimum atomic E-state index is -4.79. The molecule has 4 rings (SSSR count). The summed E-state index contributed by atoms with van der Waals surface area (Å²) in [5.74, 6) is -2.32. The number of hydrogen-bond acceptors (Lipinski definition) is 5. The zero-order valence-corrected chi connectivity index (χ0v) is 13.5. The molecule has 2 bridgehead atoms. The summed E-state index contributed by atoms with van der Waals surface area (Å²) in [4.78, 5) is 27.1. The fraction of sp³-hybridized carbons (Fsp3) is 0.143. The lowest BCUT2D eigenvalue weighted by Crippen LogP contribution is -2.15. The van der Waals surface area contributed by atoms with Crippen molar-refractivity contribution < 1.29 is 42.3 Å². The predicted octanol–water partition coefficient (Wildman–Crippen LogP) is 3.57. The van der Waals surface area contributed by atoms with E-state index >= 15 is 0 Å². The zero-order chi connectivity index (χ0) is 19.7. The summed E-state index contributed by atoms with van der Waals surface area (Å²) in [5.41, 5.74) is -1.55. The van der Waals surface area contributed by atoms with Crippen LogP contribution >= 0.6 is 7.60 Å². The van der Waals surface area contributed by atoms with E-state index in [0.717, 1.165) is 12.1 Å². The Hall–Kier alpha value is -2.46. The van der Waals surface area contributed by atoms with E-state index in [0.29, 0.717) is 0 Å². The largest absolute Gasteiger partial charge is 0.456 e. The molecule has 1 atom stereocenters. The van der Waals surface area contributed by atoms with Gasteiger partial charge in [-0.3, -0.25) is 14.7 Å². The van der Waals surface area contributed by atoms with Crippen molar-refractivity contribution in [1.82, 2.24) is 0 Å². The highest BCUT2D eigenvalue weighted by Gasteiger charge is 2.43. The number of ether oxygens (including phenoxy) is 1. The number of benzene rings is 2. The van der Waals surface area contributed by atoms with Gasteiger partial charge in [0, 0.05) is 6.07 Å². The van der Waals surface area contributed by atoms with Crippen LogP contribution in [0, 0.1) is 10.1 Å². The number of aliphatic hydroxyl groups excluding tert-OH is 1. The number of fused-ring (bicyclic) bond motifs is 2. The molecule has 12 heteroatoms. The van der Waals surface area contributed by atoms with Crippen LogP contribution in [0.2, 0.25) is 0 Å². The molecular weight excluding hydrogens is 382 g/mol. The Morgan fingerprint density at radius 1 is 1.08 bits per heavy atom. The SMILES string of the molecule is FC(F)(F)c1c2cccc1O2.O=[N+]([O-])c1ccccc1C(O)P(=O)(O)O. The van der Waals surface area contributed by atoms with Crippen LogP contribution in [0.25, 0.3) is 0 Å². The molecule has 26 heavy (non-hydrogen) atoms. The van der Waals surface area contributed by atoms with E-state index in [1.165, 1.54) is 30.3 Å². The molecule has 0 saturated carbocycles. The highest BCUT2D eigenvalue weighted by Crippen LogP contribution is 2.52. The lowest BCUT2D eigenvalue weighted by Gasteiger charge is -2.24. The van der Waals surface area contributed by atoms with Gasteiger partial charge in [-0.25, -0.2) is 0 Å². The van der Waals surface area contributed by atoms with E-state index in [-0.39, 0.29) is 11.5 Å². The summed E-state index contributed by atoms with van der Waals surface area (Å²) in [6.45, 7) is 0. The molecule has 0 aliphatic carbocycles. The molecule has 2 aliphatic rings. The van der Waals surface area contributed by atoms with Crippen molar-refractivity contribution in [3.8, 4) is 11.5 Å². The monoisotopic (exact) mass is 393 g/mol. The third kappa shape index (κ3) is 4.20. The number of nitro groups is 1. The summed E-state index contributed by atoms with van der Waals surface area (Å²) in [5, 5.41) is 19.7. The molecule has 2 aliphatic heterocycles. The number of nitrogens with zero attached hydrogens (tertiary/aromatic N) is 1. The second-order valence-electron chi connectivity index (χ2n) is 5.01. The molecule has 0 amide bonds. The maximum absolute atomic E-state index is 12.0. The Bertz CT molecular complexity index is 861. The summed E-state index contributed by atoms with van der Waals surface area (Å²) in [7, 11) is -4.79. The lowest BCUT2D eigenvalue weighted by molar-refractivity contribution is -0.386. The Morgan fingerprint density at radius 3 is 2.00 bits per heavy atom. The van der Waals surface area contributed by atoms with Crippen LogP contribution in [0.4, 0.5) is 18.9 Å². The van der Waals surface area contributed by atoms with Crippen LogP contribution in [0.15, 0.2) is 42.5 Å². The van der Waals surface area contributed by atoms with Crippen molar-refractivity contribution in [2.24, 2.45) is 0 Å². The van der Waals surface area contributed by atoms with Crippen molar-refractivity contribution in [2.75, 3.05) is 0 Å².